The molecule has 0 bridgehead atoms. The number of ether oxygens (including phenoxy) is 1. The smallest absolute Gasteiger partial charge is 0.127 e. The van der Waals surface area contributed by atoms with Crippen LogP contribution in [0.4, 0.5) is 4.39 Å². The van der Waals surface area contributed by atoms with Crippen LogP contribution in [-0.2, 0) is 6.42 Å². The van der Waals surface area contributed by atoms with Crippen LogP contribution in [-0.4, -0.2) is 13.7 Å². The van der Waals surface area contributed by atoms with Crippen LogP contribution in [0.2, 0.25) is 5.02 Å². The minimum atomic E-state index is -0.240. The number of hydrogen-bond donors (Lipinski definition) is 1. The van der Waals surface area contributed by atoms with E-state index in [9.17, 15) is 4.39 Å². The third-order valence-corrected chi connectivity index (χ3v) is 4.15. The van der Waals surface area contributed by atoms with E-state index in [1.807, 2.05) is 26.1 Å². The molecular formula is C17H17ClFNO. The summed E-state index contributed by atoms with van der Waals surface area (Å²) < 4.78 is 19.4. The Morgan fingerprint density at radius 1 is 1.24 bits per heavy atom. The zero-order valence-electron chi connectivity index (χ0n) is 12.0. The van der Waals surface area contributed by atoms with Crippen molar-refractivity contribution < 1.29 is 9.13 Å². The van der Waals surface area contributed by atoms with Crippen LogP contribution in [0, 0.1) is 12.7 Å². The summed E-state index contributed by atoms with van der Waals surface area (Å²) in [5.41, 5.74) is 4.01. The molecule has 0 aliphatic carbocycles. The predicted octanol–water partition coefficient (Wildman–Crippen LogP) is 4.03. The molecule has 1 aliphatic heterocycles. The maximum absolute atomic E-state index is 13.6. The van der Waals surface area contributed by atoms with Gasteiger partial charge in [0, 0.05) is 17.0 Å². The van der Waals surface area contributed by atoms with Gasteiger partial charge >= 0.3 is 0 Å². The van der Waals surface area contributed by atoms with Crippen molar-refractivity contribution in [1.82, 2.24) is 5.32 Å². The van der Waals surface area contributed by atoms with Crippen molar-refractivity contribution in [2.75, 3.05) is 13.7 Å². The summed E-state index contributed by atoms with van der Waals surface area (Å²) in [4.78, 5) is 0. The van der Waals surface area contributed by atoms with Gasteiger partial charge in [-0.25, -0.2) is 4.39 Å². The van der Waals surface area contributed by atoms with Crippen molar-refractivity contribution in [3.8, 4) is 5.75 Å². The van der Waals surface area contributed by atoms with E-state index in [4.69, 9.17) is 16.3 Å². The first-order valence-electron chi connectivity index (χ1n) is 6.98. The summed E-state index contributed by atoms with van der Waals surface area (Å²) in [6.07, 6.45) is 0.863. The molecule has 3 rings (SSSR count). The monoisotopic (exact) mass is 305 g/mol. The number of nitrogens with one attached hydrogen (secondary N) is 1. The Bertz CT molecular complexity index is 687. The number of benzene rings is 2. The predicted molar refractivity (Wildman–Crippen MR) is 82.7 cm³/mol. The fourth-order valence-corrected chi connectivity index (χ4v) is 3.16. The van der Waals surface area contributed by atoms with Crippen LogP contribution in [0.25, 0.3) is 0 Å². The molecule has 1 aliphatic rings. The second kappa shape index (κ2) is 5.66. The Labute approximate surface area is 128 Å². The van der Waals surface area contributed by atoms with Gasteiger partial charge in [0.05, 0.1) is 12.6 Å². The molecule has 0 radical (unpaired) electrons. The molecule has 2 nitrogen and oxygen atoms in total. The Kier molecular flexibility index (Phi) is 3.87. The molecule has 1 N–H and O–H groups in total. The number of rotatable bonds is 3. The fraction of sp³-hybridized carbons (Fsp3) is 0.294. The van der Waals surface area contributed by atoms with Crippen LogP contribution in [0.3, 0.4) is 0 Å². The molecule has 0 saturated heterocycles. The van der Waals surface area contributed by atoms with Gasteiger partial charge in [0.25, 0.3) is 0 Å². The number of fused-ring (bicyclic) bond motifs is 1. The van der Waals surface area contributed by atoms with Crippen molar-refractivity contribution in [2.24, 2.45) is 0 Å². The topological polar surface area (TPSA) is 21.3 Å². The van der Waals surface area contributed by atoms with Gasteiger partial charge in [-0.05, 0) is 54.9 Å². The number of halogens is 2. The lowest BCUT2D eigenvalue weighted by molar-refractivity contribution is 0.351. The first kappa shape index (κ1) is 14.4. The third kappa shape index (κ3) is 2.63. The normalized spacial score (nSPS) is 14.7. The average Bonchev–Trinajstić information content (AvgIpc) is 2.91. The summed E-state index contributed by atoms with van der Waals surface area (Å²) in [6, 6.07) is 8.53. The fourth-order valence-electron chi connectivity index (χ4n) is 2.91. The standard InChI is InChI=1S/C17H17ClFNO/c1-10-3-4-13(19)9-14(10)16(20-2)15-8-12(18)7-11-5-6-21-17(11)15/h3-4,7-9,16,20H,5-6H2,1-2H3. The van der Waals surface area contributed by atoms with Crippen molar-refractivity contribution in [3.63, 3.8) is 0 Å². The van der Waals surface area contributed by atoms with Gasteiger partial charge in [0.15, 0.2) is 0 Å². The largest absolute Gasteiger partial charge is 0.493 e. The minimum absolute atomic E-state index is 0.147. The molecular weight excluding hydrogens is 289 g/mol. The molecule has 0 aromatic heterocycles. The van der Waals surface area contributed by atoms with E-state index in [0.29, 0.717) is 11.6 Å². The van der Waals surface area contributed by atoms with Crippen LogP contribution < -0.4 is 10.1 Å². The molecule has 2 aromatic carbocycles. The van der Waals surface area contributed by atoms with Gasteiger partial charge in [-0.1, -0.05) is 17.7 Å². The van der Waals surface area contributed by atoms with Gasteiger partial charge in [-0.2, -0.15) is 0 Å². The highest BCUT2D eigenvalue weighted by atomic mass is 35.5. The van der Waals surface area contributed by atoms with E-state index >= 15 is 0 Å². The molecule has 1 heterocycles. The highest BCUT2D eigenvalue weighted by Crippen LogP contribution is 2.39. The molecule has 1 unspecified atom stereocenters. The lowest BCUT2D eigenvalue weighted by Crippen LogP contribution is -2.19. The van der Waals surface area contributed by atoms with Crippen molar-refractivity contribution in [3.05, 3.63) is 63.4 Å². The van der Waals surface area contributed by atoms with Crippen molar-refractivity contribution in [2.45, 2.75) is 19.4 Å². The number of hydrogen-bond acceptors (Lipinski definition) is 2. The lowest BCUT2D eigenvalue weighted by Gasteiger charge is -2.22. The van der Waals surface area contributed by atoms with Crippen LogP contribution in [0.1, 0.15) is 28.3 Å². The molecule has 2 aromatic rings. The van der Waals surface area contributed by atoms with Crippen molar-refractivity contribution in [1.29, 1.82) is 0 Å². The van der Waals surface area contributed by atoms with Crippen LogP contribution in [0.5, 0.6) is 5.75 Å². The summed E-state index contributed by atoms with van der Waals surface area (Å²) in [5.74, 6) is 0.637. The van der Waals surface area contributed by atoms with Gasteiger partial charge < -0.3 is 10.1 Å². The van der Waals surface area contributed by atoms with Crippen LogP contribution >= 0.6 is 11.6 Å². The summed E-state index contributed by atoms with van der Waals surface area (Å²) in [5, 5.41) is 3.94. The van der Waals surface area contributed by atoms with E-state index in [2.05, 4.69) is 5.32 Å². The highest BCUT2D eigenvalue weighted by molar-refractivity contribution is 6.30. The third-order valence-electron chi connectivity index (χ3n) is 3.93. The van der Waals surface area contributed by atoms with Crippen molar-refractivity contribution >= 4 is 11.6 Å². The second-order valence-corrected chi connectivity index (χ2v) is 5.74. The Morgan fingerprint density at radius 2 is 2.05 bits per heavy atom. The molecule has 21 heavy (non-hydrogen) atoms. The summed E-state index contributed by atoms with van der Waals surface area (Å²) >= 11 is 6.23. The molecule has 0 saturated carbocycles. The van der Waals surface area contributed by atoms with Gasteiger partial charge in [-0.15, -0.1) is 0 Å². The summed E-state index contributed by atoms with van der Waals surface area (Å²) in [7, 11) is 1.86. The van der Waals surface area contributed by atoms with Gasteiger partial charge in [-0.3, -0.25) is 0 Å². The Morgan fingerprint density at radius 3 is 2.81 bits per heavy atom. The maximum Gasteiger partial charge on any atom is 0.127 e. The van der Waals surface area contributed by atoms with Gasteiger partial charge in [0.2, 0.25) is 0 Å². The molecule has 110 valence electrons. The van der Waals surface area contributed by atoms with E-state index < -0.39 is 0 Å². The second-order valence-electron chi connectivity index (χ2n) is 5.30. The average molecular weight is 306 g/mol. The van der Waals surface area contributed by atoms with E-state index in [1.54, 1.807) is 12.1 Å². The lowest BCUT2D eigenvalue weighted by atomic mass is 9.93. The maximum atomic E-state index is 13.6. The quantitative estimate of drug-likeness (QED) is 0.924. The molecule has 1 atom stereocenters. The Balaban J connectivity index is 2.15. The Hall–Kier alpha value is -1.58. The van der Waals surface area contributed by atoms with E-state index in [-0.39, 0.29) is 11.9 Å². The SMILES string of the molecule is CNC(c1cc(F)ccc1C)c1cc(Cl)cc2c1OCC2. The molecule has 4 heteroatoms. The zero-order chi connectivity index (χ0) is 15.0. The van der Waals surface area contributed by atoms with E-state index in [1.165, 1.54) is 6.07 Å². The molecule has 0 amide bonds. The minimum Gasteiger partial charge on any atom is -0.493 e. The zero-order valence-corrected chi connectivity index (χ0v) is 12.8. The molecule has 0 fully saturated rings. The van der Waals surface area contributed by atoms with Crippen LogP contribution in [0.15, 0.2) is 30.3 Å². The first-order chi connectivity index (χ1) is 10.1. The number of aryl methyl sites for hydroxylation is 1. The summed E-state index contributed by atoms with van der Waals surface area (Å²) in [6.45, 7) is 2.64. The first-order valence-corrected chi connectivity index (χ1v) is 7.36. The van der Waals surface area contributed by atoms with E-state index in [0.717, 1.165) is 34.4 Å². The highest BCUT2D eigenvalue weighted by Gasteiger charge is 2.24. The molecule has 0 spiro atoms. The van der Waals surface area contributed by atoms with Gasteiger partial charge in [0.1, 0.15) is 11.6 Å².